The third-order valence-electron chi connectivity index (χ3n) is 3.73. The quantitative estimate of drug-likeness (QED) is 0.406. The molecule has 2 aromatic rings. The molecule has 1 heterocycles. The van der Waals surface area contributed by atoms with Crippen molar-refractivity contribution in [1.29, 1.82) is 5.41 Å². The van der Waals surface area contributed by atoms with Gasteiger partial charge in [-0.1, -0.05) is 13.0 Å². The minimum Gasteiger partial charge on any atom is -0.328 e. The highest BCUT2D eigenvalue weighted by atomic mass is 19.1. The summed E-state index contributed by atoms with van der Waals surface area (Å²) in [6.07, 6.45) is 3.10. The zero-order chi connectivity index (χ0) is 20.0. The Labute approximate surface area is 155 Å². The summed E-state index contributed by atoms with van der Waals surface area (Å²) in [5.41, 5.74) is 0.340. The Bertz CT molecular complexity index is 938. The normalized spacial score (nSPS) is 12.0. The molecule has 1 aromatic heterocycles. The lowest BCUT2D eigenvalue weighted by atomic mass is 10.1. The Morgan fingerprint density at radius 1 is 1.30 bits per heavy atom. The number of aliphatic imine (C=N–C) groups is 1. The number of nitrogens with one attached hydrogen (secondary N) is 2. The van der Waals surface area contributed by atoms with E-state index in [9.17, 15) is 13.7 Å². The van der Waals surface area contributed by atoms with Crippen LogP contribution in [0.15, 0.2) is 46.2 Å². The topological polar surface area (TPSA) is 90.6 Å². The van der Waals surface area contributed by atoms with Crippen molar-refractivity contribution in [3.63, 3.8) is 0 Å². The molecule has 2 N–H and O–H groups in total. The van der Waals surface area contributed by atoms with E-state index >= 15 is 0 Å². The number of amidine groups is 1. The van der Waals surface area contributed by atoms with Crippen LogP contribution in [0.4, 0.5) is 20.3 Å². The first-order valence-corrected chi connectivity index (χ1v) is 8.22. The van der Waals surface area contributed by atoms with Gasteiger partial charge in [-0.15, -0.1) is 4.91 Å². The van der Waals surface area contributed by atoms with Crippen LogP contribution in [0, 0.1) is 22.0 Å². The van der Waals surface area contributed by atoms with Gasteiger partial charge in [-0.3, -0.25) is 0 Å². The van der Waals surface area contributed by atoms with Gasteiger partial charge < -0.3 is 10.7 Å². The fourth-order valence-corrected chi connectivity index (χ4v) is 2.52. The monoisotopic (exact) mass is 371 g/mol. The molecule has 140 valence electrons. The van der Waals surface area contributed by atoms with E-state index in [1.165, 1.54) is 24.3 Å². The largest absolute Gasteiger partial charge is 0.328 e. The van der Waals surface area contributed by atoms with Gasteiger partial charge in [0.2, 0.25) is 0 Å². The summed E-state index contributed by atoms with van der Waals surface area (Å²) in [6.45, 7) is 5.24. The zero-order valence-corrected chi connectivity index (χ0v) is 15.2. The van der Waals surface area contributed by atoms with Gasteiger partial charge in [-0.05, 0) is 55.3 Å². The maximum atomic E-state index is 14.6. The second-order valence-corrected chi connectivity index (χ2v) is 5.70. The van der Waals surface area contributed by atoms with Crippen molar-refractivity contribution in [3.05, 3.63) is 58.1 Å². The number of anilines is 1. The number of hydrogen-bond acceptors (Lipinski definition) is 5. The number of allylic oxidation sites excluding steroid dienone is 2. The molecule has 0 amide bonds. The first kappa shape index (κ1) is 20.0. The molecule has 0 spiro atoms. The number of nitrogens with zero attached hydrogens (tertiary/aromatic N) is 3. The minimum atomic E-state index is -0.788. The number of halogens is 2. The van der Waals surface area contributed by atoms with E-state index in [0.29, 0.717) is 29.3 Å². The molecule has 0 saturated carbocycles. The van der Waals surface area contributed by atoms with Gasteiger partial charge >= 0.3 is 0 Å². The molecule has 8 heteroatoms. The van der Waals surface area contributed by atoms with E-state index in [1.54, 1.807) is 13.8 Å². The molecule has 6 nitrogen and oxygen atoms in total. The summed E-state index contributed by atoms with van der Waals surface area (Å²) in [5.74, 6) is -0.767. The number of benzene rings is 1. The van der Waals surface area contributed by atoms with Gasteiger partial charge in [0.1, 0.15) is 34.7 Å². The van der Waals surface area contributed by atoms with Crippen LogP contribution < -0.4 is 5.32 Å². The van der Waals surface area contributed by atoms with Gasteiger partial charge in [0.25, 0.3) is 0 Å². The van der Waals surface area contributed by atoms with Gasteiger partial charge in [0.05, 0.1) is 5.56 Å². The number of hydrogen-bond donors (Lipinski definition) is 2. The zero-order valence-electron chi connectivity index (χ0n) is 15.2. The van der Waals surface area contributed by atoms with Gasteiger partial charge in [-0.25, -0.2) is 18.8 Å². The number of pyridine rings is 1. The molecule has 2 rings (SSSR count). The lowest BCUT2D eigenvalue weighted by Gasteiger charge is -2.14. The Hall–Kier alpha value is -3.29. The summed E-state index contributed by atoms with van der Waals surface area (Å²) in [5, 5.41) is 12.8. The van der Waals surface area contributed by atoms with E-state index in [2.05, 4.69) is 20.5 Å². The highest BCUT2D eigenvalue weighted by Gasteiger charge is 2.20. The molecule has 1 aromatic carbocycles. The van der Waals surface area contributed by atoms with Crippen molar-refractivity contribution >= 4 is 23.6 Å². The molecule has 0 atom stereocenters. The minimum absolute atomic E-state index is 0.230. The molecule has 0 aliphatic heterocycles. The third kappa shape index (κ3) is 4.66. The standard InChI is InChI=1S/C19H19F2N5O/c1-4-13-10-15(21)18(17-14(20)6-5-7-16(17)26-27)25-19(13)24-12(3)23-11(2)8-9-22/h5-10,22H,4H2,1-3H3,(H,23,24,25)/b11-8-,22-9?. The molecule has 0 radical (unpaired) electrons. The van der Waals surface area contributed by atoms with Crippen LogP contribution >= 0.6 is 0 Å². The lowest BCUT2D eigenvalue weighted by Crippen LogP contribution is -2.12. The maximum absolute atomic E-state index is 14.6. The summed E-state index contributed by atoms with van der Waals surface area (Å²) in [6, 6.07) is 4.98. The summed E-state index contributed by atoms with van der Waals surface area (Å²) in [7, 11) is 0. The Kier molecular flexibility index (Phi) is 6.59. The number of aryl methyl sites for hydroxylation is 1. The number of nitroso groups, excluding NO2 is 1. The van der Waals surface area contributed by atoms with E-state index in [-0.39, 0.29) is 16.9 Å². The van der Waals surface area contributed by atoms with Crippen LogP contribution in [0.1, 0.15) is 26.3 Å². The average Bonchev–Trinajstić information content (AvgIpc) is 2.62. The highest BCUT2D eigenvalue weighted by molar-refractivity contribution is 5.94. The van der Waals surface area contributed by atoms with Crippen molar-refractivity contribution in [1.82, 2.24) is 4.98 Å². The molecular formula is C19H19F2N5O. The van der Waals surface area contributed by atoms with Crippen molar-refractivity contribution < 1.29 is 8.78 Å². The van der Waals surface area contributed by atoms with Crippen LogP contribution in [0.25, 0.3) is 11.3 Å². The summed E-state index contributed by atoms with van der Waals surface area (Å²) in [4.78, 5) is 19.5. The van der Waals surface area contributed by atoms with Gasteiger partial charge in [0, 0.05) is 11.9 Å². The fourth-order valence-electron chi connectivity index (χ4n) is 2.52. The summed E-state index contributed by atoms with van der Waals surface area (Å²) < 4.78 is 28.8. The molecule has 27 heavy (non-hydrogen) atoms. The second-order valence-electron chi connectivity index (χ2n) is 5.70. The highest BCUT2D eigenvalue weighted by Crippen LogP contribution is 2.34. The van der Waals surface area contributed by atoms with E-state index in [1.807, 2.05) is 6.92 Å². The Morgan fingerprint density at radius 2 is 2.04 bits per heavy atom. The molecule has 0 aliphatic carbocycles. The van der Waals surface area contributed by atoms with E-state index in [0.717, 1.165) is 12.3 Å². The second kappa shape index (κ2) is 8.88. The number of aromatic nitrogens is 1. The first-order valence-electron chi connectivity index (χ1n) is 8.22. The fraction of sp³-hybridized carbons (Fsp3) is 0.211. The van der Waals surface area contributed by atoms with Crippen molar-refractivity contribution in [2.75, 3.05) is 5.32 Å². The molecule has 0 aliphatic rings. The molecular weight excluding hydrogens is 352 g/mol. The van der Waals surface area contributed by atoms with Gasteiger partial charge in [0.15, 0.2) is 0 Å². The third-order valence-corrected chi connectivity index (χ3v) is 3.73. The van der Waals surface area contributed by atoms with Crippen molar-refractivity contribution in [2.45, 2.75) is 27.2 Å². The smallest absolute Gasteiger partial charge is 0.150 e. The van der Waals surface area contributed by atoms with Gasteiger partial charge in [-0.2, -0.15) is 0 Å². The Balaban J connectivity index is 2.58. The number of rotatable bonds is 6. The molecule has 0 unspecified atom stereocenters. The van der Waals surface area contributed by atoms with Crippen molar-refractivity contribution in [2.24, 2.45) is 10.2 Å². The lowest BCUT2D eigenvalue weighted by molar-refractivity contribution is 0.610. The van der Waals surface area contributed by atoms with Crippen LogP contribution in [0.3, 0.4) is 0 Å². The van der Waals surface area contributed by atoms with Crippen LogP contribution in [0.5, 0.6) is 0 Å². The first-order chi connectivity index (χ1) is 12.9. The van der Waals surface area contributed by atoms with Crippen LogP contribution in [-0.4, -0.2) is 17.0 Å². The predicted octanol–water partition coefficient (Wildman–Crippen LogP) is 5.37. The molecule has 0 saturated heterocycles. The molecule has 0 bridgehead atoms. The predicted molar refractivity (Wildman–Crippen MR) is 104 cm³/mol. The van der Waals surface area contributed by atoms with E-state index in [4.69, 9.17) is 5.41 Å². The summed E-state index contributed by atoms with van der Waals surface area (Å²) >= 11 is 0. The van der Waals surface area contributed by atoms with Crippen LogP contribution in [0.2, 0.25) is 0 Å². The average molecular weight is 371 g/mol. The van der Waals surface area contributed by atoms with Crippen molar-refractivity contribution in [3.8, 4) is 11.3 Å². The van der Waals surface area contributed by atoms with Crippen LogP contribution in [-0.2, 0) is 6.42 Å². The SMILES string of the molecule is CCc1cc(F)c(-c2c(F)cccc2N=O)nc1N/C(C)=N\C(C)=C/C=N. The van der Waals surface area contributed by atoms with E-state index < -0.39 is 11.6 Å². The Morgan fingerprint density at radius 3 is 2.67 bits per heavy atom. The molecule has 0 fully saturated rings. The maximum Gasteiger partial charge on any atom is 0.150 e.